The van der Waals surface area contributed by atoms with Crippen LogP contribution in [0, 0.1) is 0 Å². The first kappa shape index (κ1) is 11.2. The molecule has 78 valence electrons. The summed E-state index contributed by atoms with van der Waals surface area (Å²) in [5, 5.41) is 6.90. The van der Waals surface area contributed by atoms with E-state index in [9.17, 15) is 9.59 Å². The zero-order chi connectivity index (χ0) is 11.1. The number of aromatic amines is 2. The van der Waals surface area contributed by atoms with Crippen molar-refractivity contribution < 1.29 is 0 Å². The molecule has 0 aliphatic carbocycles. The predicted octanol–water partition coefficient (Wildman–Crippen LogP) is -0.303. The fourth-order valence-electron chi connectivity index (χ4n) is 0.598. The number of nitrogens with one attached hydrogen (secondary N) is 2. The molecule has 0 atom stereocenters. The maximum Gasteiger partial charge on any atom is 0.325 e. The number of nitrogens with zero attached hydrogens (tertiary/aromatic N) is 3. The maximum atomic E-state index is 10.5. The summed E-state index contributed by atoms with van der Waals surface area (Å²) in [4.78, 5) is 28.7. The molecule has 0 aliphatic rings. The topological polar surface area (TPSA) is 104 Å². The standard InChI is InChI=1S/C4H3BrN2O2.C3H3N3/c5-2-1-6-4(9)7-3(2)8;1-2-5-6-3-4-1/h1H,(H2,6,7,8,9);1-3H. The fourth-order valence-corrected chi connectivity index (χ4v) is 0.812. The number of hydrogen-bond donors (Lipinski definition) is 2. The number of hydrogen-bond acceptors (Lipinski definition) is 5. The molecule has 0 bridgehead atoms. The van der Waals surface area contributed by atoms with Gasteiger partial charge in [-0.05, 0) is 15.9 Å². The predicted molar refractivity (Wildman–Crippen MR) is 55.2 cm³/mol. The minimum Gasteiger partial charge on any atom is -0.313 e. The summed E-state index contributed by atoms with van der Waals surface area (Å²) in [6.45, 7) is 0. The zero-order valence-electron chi connectivity index (χ0n) is 7.35. The van der Waals surface area contributed by atoms with E-state index in [1.165, 1.54) is 18.7 Å². The van der Waals surface area contributed by atoms with Crippen molar-refractivity contribution in [2.45, 2.75) is 0 Å². The minimum absolute atomic E-state index is 0.321. The van der Waals surface area contributed by atoms with Gasteiger partial charge in [-0.25, -0.2) is 9.78 Å². The highest BCUT2D eigenvalue weighted by molar-refractivity contribution is 9.10. The van der Waals surface area contributed by atoms with Crippen molar-refractivity contribution in [1.82, 2.24) is 25.1 Å². The Balaban J connectivity index is 0.000000162. The molecule has 0 fully saturated rings. The molecular weight excluding hydrogens is 266 g/mol. The minimum atomic E-state index is -0.497. The number of aromatic nitrogens is 5. The van der Waals surface area contributed by atoms with Crippen molar-refractivity contribution >= 4 is 15.9 Å². The van der Waals surface area contributed by atoms with Gasteiger partial charge in [-0.2, -0.15) is 5.10 Å². The summed E-state index contributed by atoms with van der Waals surface area (Å²) in [7, 11) is 0. The van der Waals surface area contributed by atoms with Gasteiger partial charge in [0.15, 0.2) is 0 Å². The van der Waals surface area contributed by atoms with Crippen LogP contribution in [0.3, 0.4) is 0 Å². The molecule has 0 saturated heterocycles. The summed E-state index contributed by atoms with van der Waals surface area (Å²) in [6, 6.07) is 0. The van der Waals surface area contributed by atoms with Crippen LogP contribution in [0.25, 0.3) is 0 Å². The first-order valence-corrected chi connectivity index (χ1v) is 4.53. The number of halogens is 1. The van der Waals surface area contributed by atoms with Gasteiger partial charge in [-0.3, -0.25) is 9.78 Å². The summed E-state index contributed by atoms with van der Waals surface area (Å²) in [5.74, 6) is 0. The van der Waals surface area contributed by atoms with Gasteiger partial charge in [-0.15, -0.1) is 5.10 Å². The molecule has 2 aromatic heterocycles. The molecule has 15 heavy (non-hydrogen) atoms. The van der Waals surface area contributed by atoms with Crippen LogP contribution in [0.1, 0.15) is 0 Å². The van der Waals surface area contributed by atoms with E-state index >= 15 is 0 Å². The van der Waals surface area contributed by atoms with E-state index in [-0.39, 0.29) is 0 Å². The van der Waals surface area contributed by atoms with Crippen LogP contribution in [-0.4, -0.2) is 25.1 Å². The highest BCUT2D eigenvalue weighted by atomic mass is 79.9. The molecule has 8 heteroatoms. The average Bonchev–Trinajstić information content (AvgIpc) is 2.27. The third kappa shape index (κ3) is 4.27. The number of rotatable bonds is 0. The second kappa shape index (κ2) is 5.81. The van der Waals surface area contributed by atoms with Gasteiger partial charge in [-0.1, -0.05) is 0 Å². The van der Waals surface area contributed by atoms with Crippen molar-refractivity contribution in [3.8, 4) is 0 Å². The molecule has 0 saturated carbocycles. The highest BCUT2D eigenvalue weighted by Crippen LogP contribution is 1.93. The molecule has 2 rings (SSSR count). The third-order valence-electron chi connectivity index (χ3n) is 1.18. The van der Waals surface area contributed by atoms with Crippen LogP contribution in [0.5, 0.6) is 0 Å². The second-order valence-corrected chi connectivity index (χ2v) is 3.07. The molecule has 0 aliphatic heterocycles. The van der Waals surface area contributed by atoms with Crippen LogP contribution in [-0.2, 0) is 0 Å². The van der Waals surface area contributed by atoms with Gasteiger partial charge in [0.05, 0.1) is 10.7 Å². The maximum absolute atomic E-state index is 10.5. The molecule has 0 radical (unpaired) electrons. The van der Waals surface area contributed by atoms with Crippen LogP contribution < -0.4 is 11.2 Å². The van der Waals surface area contributed by atoms with Crippen molar-refractivity contribution in [3.63, 3.8) is 0 Å². The van der Waals surface area contributed by atoms with Crippen LogP contribution in [0.2, 0.25) is 0 Å². The van der Waals surface area contributed by atoms with Crippen molar-refractivity contribution in [1.29, 1.82) is 0 Å². The lowest BCUT2D eigenvalue weighted by atomic mass is 10.7. The van der Waals surface area contributed by atoms with E-state index in [1.54, 1.807) is 6.20 Å². The Morgan fingerprint density at radius 1 is 1.20 bits per heavy atom. The van der Waals surface area contributed by atoms with Gasteiger partial charge in [0.2, 0.25) is 0 Å². The van der Waals surface area contributed by atoms with Gasteiger partial charge in [0.25, 0.3) is 5.56 Å². The first-order chi connectivity index (χ1) is 7.20. The van der Waals surface area contributed by atoms with E-state index in [2.05, 4.69) is 36.1 Å². The van der Waals surface area contributed by atoms with E-state index < -0.39 is 11.2 Å². The fraction of sp³-hybridized carbons (Fsp3) is 0. The Morgan fingerprint density at radius 2 is 2.00 bits per heavy atom. The normalized spacial score (nSPS) is 8.87. The smallest absolute Gasteiger partial charge is 0.313 e. The summed E-state index contributed by atoms with van der Waals surface area (Å²) in [5.41, 5.74) is -0.915. The van der Waals surface area contributed by atoms with Gasteiger partial charge >= 0.3 is 5.69 Å². The zero-order valence-corrected chi connectivity index (χ0v) is 8.93. The highest BCUT2D eigenvalue weighted by Gasteiger charge is 1.90. The molecular formula is C7H6BrN5O2. The van der Waals surface area contributed by atoms with Crippen LogP contribution >= 0.6 is 15.9 Å². The Morgan fingerprint density at radius 3 is 2.33 bits per heavy atom. The molecule has 2 N–H and O–H groups in total. The summed E-state index contributed by atoms with van der Waals surface area (Å²) < 4.78 is 0.321. The summed E-state index contributed by atoms with van der Waals surface area (Å²) in [6.07, 6.45) is 5.79. The SMILES string of the molecule is O=c1[nH]cc(Br)c(=O)[nH]1.c1cnncn1. The van der Waals surface area contributed by atoms with Crippen molar-refractivity contribution in [2.75, 3.05) is 0 Å². The quantitative estimate of drug-likeness (QED) is 0.685. The van der Waals surface area contributed by atoms with Crippen LogP contribution in [0.4, 0.5) is 0 Å². The molecule has 2 aromatic rings. The summed E-state index contributed by atoms with van der Waals surface area (Å²) >= 11 is 2.92. The average molecular weight is 272 g/mol. The molecule has 7 nitrogen and oxygen atoms in total. The molecule has 0 amide bonds. The Hall–Kier alpha value is -1.83. The van der Waals surface area contributed by atoms with Gasteiger partial charge in [0.1, 0.15) is 6.33 Å². The lowest BCUT2D eigenvalue weighted by Gasteiger charge is -1.82. The Bertz CT molecular complexity index is 482. The molecule has 0 spiro atoms. The molecule has 2 heterocycles. The van der Waals surface area contributed by atoms with Crippen molar-refractivity contribution in [3.05, 3.63) is 50.2 Å². The Kier molecular flexibility index (Phi) is 4.35. The van der Waals surface area contributed by atoms with Gasteiger partial charge in [0, 0.05) is 12.4 Å². The van der Waals surface area contributed by atoms with E-state index in [1.807, 2.05) is 4.98 Å². The van der Waals surface area contributed by atoms with Gasteiger partial charge < -0.3 is 4.98 Å². The first-order valence-electron chi connectivity index (χ1n) is 3.74. The third-order valence-corrected chi connectivity index (χ3v) is 1.77. The lowest BCUT2D eigenvalue weighted by Crippen LogP contribution is -2.21. The van der Waals surface area contributed by atoms with E-state index in [0.717, 1.165) is 0 Å². The number of H-pyrrole nitrogens is 2. The molecule has 0 aromatic carbocycles. The molecule has 0 unspecified atom stereocenters. The van der Waals surface area contributed by atoms with E-state index in [4.69, 9.17) is 0 Å². The van der Waals surface area contributed by atoms with Crippen molar-refractivity contribution in [2.24, 2.45) is 0 Å². The lowest BCUT2D eigenvalue weighted by molar-refractivity contribution is 0.969. The Labute approximate surface area is 91.8 Å². The largest absolute Gasteiger partial charge is 0.325 e. The van der Waals surface area contributed by atoms with Crippen LogP contribution in [0.15, 0.2) is 39.0 Å². The second-order valence-electron chi connectivity index (χ2n) is 2.21. The van der Waals surface area contributed by atoms with E-state index in [0.29, 0.717) is 4.47 Å². The monoisotopic (exact) mass is 271 g/mol.